The number of rotatable bonds is 6. The van der Waals surface area contributed by atoms with E-state index in [1.807, 2.05) is 31.2 Å². The van der Waals surface area contributed by atoms with E-state index < -0.39 is 0 Å². The largest absolute Gasteiger partial charge is 0.324 e. The molecule has 0 bridgehead atoms. The summed E-state index contributed by atoms with van der Waals surface area (Å²) < 4.78 is 1.03. The molecule has 1 amide bonds. The normalized spacial score (nSPS) is 12.9. The molecule has 0 aliphatic carbocycles. The van der Waals surface area contributed by atoms with Gasteiger partial charge in [0, 0.05) is 10.5 Å². The molecule has 2 aromatic carbocycles. The van der Waals surface area contributed by atoms with Crippen LogP contribution in [0.2, 0.25) is 0 Å². The molecule has 4 nitrogen and oxygen atoms in total. The summed E-state index contributed by atoms with van der Waals surface area (Å²) in [6.45, 7) is 3.90. The third-order valence-corrected chi connectivity index (χ3v) is 4.36. The van der Waals surface area contributed by atoms with E-state index in [1.165, 1.54) is 0 Å². The minimum absolute atomic E-state index is 0.0880. The number of amides is 1. The van der Waals surface area contributed by atoms with Crippen LogP contribution in [-0.2, 0) is 4.79 Å². The quantitative estimate of drug-likeness (QED) is 0.774. The summed E-state index contributed by atoms with van der Waals surface area (Å²) in [7, 11) is 0. The van der Waals surface area contributed by atoms with Gasteiger partial charge in [0.2, 0.25) is 5.91 Å². The summed E-state index contributed by atoms with van der Waals surface area (Å²) in [5, 5.41) is 15.3. The highest BCUT2D eigenvalue weighted by atomic mass is 79.9. The Morgan fingerprint density at radius 1 is 1.21 bits per heavy atom. The molecule has 2 N–H and O–H groups in total. The fourth-order valence-electron chi connectivity index (χ4n) is 2.45. The number of nitriles is 1. The second-order valence-electron chi connectivity index (χ2n) is 5.55. The Bertz CT molecular complexity index is 737. The van der Waals surface area contributed by atoms with Gasteiger partial charge in [-0.05, 0) is 43.2 Å². The van der Waals surface area contributed by atoms with Crippen LogP contribution in [0.5, 0.6) is 0 Å². The predicted molar refractivity (Wildman–Crippen MR) is 99.6 cm³/mol. The minimum atomic E-state index is -0.384. The SMILES string of the molecule is CC[C@@H](N[C@@H](C)C(=O)Nc1ccccc1C#N)c1ccc(Br)cc1. The Morgan fingerprint density at radius 2 is 1.88 bits per heavy atom. The van der Waals surface area contributed by atoms with E-state index in [0.29, 0.717) is 11.3 Å². The van der Waals surface area contributed by atoms with Crippen LogP contribution in [0.4, 0.5) is 5.69 Å². The van der Waals surface area contributed by atoms with Crippen molar-refractivity contribution in [2.24, 2.45) is 0 Å². The van der Waals surface area contributed by atoms with Gasteiger partial charge in [0.05, 0.1) is 17.3 Å². The number of halogens is 1. The molecule has 0 radical (unpaired) electrons. The second kappa shape index (κ2) is 8.62. The molecule has 2 rings (SSSR count). The monoisotopic (exact) mass is 385 g/mol. The molecule has 0 aromatic heterocycles. The second-order valence-corrected chi connectivity index (χ2v) is 6.46. The van der Waals surface area contributed by atoms with Crippen molar-refractivity contribution >= 4 is 27.5 Å². The Hall–Kier alpha value is -2.16. The van der Waals surface area contributed by atoms with Gasteiger partial charge in [0.25, 0.3) is 0 Å². The van der Waals surface area contributed by atoms with Crippen LogP contribution in [-0.4, -0.2) is 11.9 Å². The van der Waals surface area contributed by atoms with Crippen molar-refractivity contribution in [3.05, 3.63) is 64.1 Å². The highest BCUT2D eigenvalue weighted by Crippen LogP contribution is 2.20. The molecule has 124 valence electrons. The number of hydrogen-bond donors (Lipinski definition) is 2. The highest BCUT2D eigenvalue weighted by molar-refractivity contribution is 9.10. The minimum Gasteiger partial charge on any atom is -0.324 e. The summed E-state index contributed by atoms with van der Waals surface area (Å²) in [5.74, 6) is -0.159. The average molecular weight is 386 g/mol. The van der Waals surface area contributed by atoms with E-state index >= 15 is 0 Å². The molecule has 0 fully saturated rings. The maximum absolute atomic E-state index is 12.4. The summed E-state index contributed by atoms with van der Waals surface area (Å²) in [6.07, 6.45) is 0.869. The zero-order chi connectivity index (χ0) is 17.5. The lowest BCUT2D eigenvalue weighted by molar-refractivity contribution is -0.118. The molecule has 5 heteroatoms. The predicted octanol–water partition coefficient (Wildman–Crippen LogP) is 4.39. The molecule has 0 saturated carbocycles. The third kappa shape index (κ3) is 4.67. The van der Waals surface area contributed by atoms with Gasteiger partial charge in [-0.15, -0.1) is 0 Å². The van der Waals surface area contributed by atoms with Crippen molar-refractivity contribution in [2.75, 3.05) is 5.32 Å². The molecular weight excluding hydrogens is 366 g/mol. The molecule has 24 heavy (non-hydrogen) atoms. The number of anilines is 1. The smallest absolute Gasteiger partial charge is 0.241 e. The Balaban J connectivity index is 2.04. The van der Waals surface area contributed by atoms with Gasteiger partial charge in [-0.25, -0.2) is 0 Å². The molecule has 0 heterocycles. The lowest BCUT2D eigenvalue weighted by Gasteiger charge is -2.22. The molecule has 0 aliphatic heterocycles. The number of nitrogens with one attached hydrogen (secondary N) is 2. The number of para-hydroxylation sites is 1. The van der Waals surface area contributed by atoms with Gasteiger partial charge < -0.3 is 5.32 Å². The molecule has 0 saturated heterocycles. The van der Waals surface area contributed by atoms with Gasteiger partial charge >= 0.3 is 0 Å². The van der Waals surface area contributed by atoms with Crippen LogP contribution in [0.3, 0.4) is 0 Å². The summed E-state index contributed by atoms with van der Waals surface area (Å²) >= 11 is 3.43. The molecule has 0 spiro atoms. The number of hydrogen-bond acceptors (Lipinski definition) is 3. The standard InChI is InChI=1S/C19H20BrN3O/c1-3-17(14-8-10-16(20)11-9-14)22-13(2)19(24)23-18-7-5-4-6-15(18)12-21/h4-11,13,17,22H,3H2,1-2H3,(H,23,24)/t13-,17+/m0/s1. The fraction of sp³-hybridized carbons (Fsp3) is 0.263. The maximum Gasteiger partial charge on any atom is 0.241 e. The van der Waals surface area contributed by atoms with Crippen LogP contribution in [0.1, 0.15) is 37.4 Å². The zero-order valence-corrected chi connectivity index (χ0v) is 15.3. The van der Waals surface area contributed by atoms with Crippen molar-refractivity contribution in [2.45, 2.75) is 32.4 Å². The maximum atomic E-state index is 12.4. The zero-order valence-electron chi connectivity index (χ0n) is 13.7. The number of carbonyl (C=O) groups is 1. The molecule has 0 unspecified atom stereocenters. The number of nitrogens with zero attached hydrogens (tertiary/aromatic N) is 1. The lowest BCUT2D eigenvalue weighted by atomic mass is 10.0. The van der Waals surface area contributed by atoms with Gasteiger partial charge in [0.15, 0.2) is 0 Å². The topological polar surface area (TPSA) is 64.9 Å². The number of benzene rings is 2. The van der Waals surface area contributed by atoms with Gasteiger partial charge in [-0.2, -0.15) is 5.26 Å². The Labute approximate surface area is 151 Å². The van der Waals surface area contributed by atoms with Crippen LogP contribution in [0, 0.1) is 11.3 Å². The first-order valence-electron chi connectivity index (χ1n) is 7.86. The van der Waals surface area contributed by atoms with Gasteiger partial charge in [-0.3, -0.25) is 10.1 Å². The van der Waals surface area contributed by atoms with Crippen LogP contribution < -0.4 is 10.6 Å². The van der Waals surface area contributed by atoms with Crippen molar-refractivity contribution in [1.82, 2.24) is 5.32 Å². The van der Waals surface area contributed by atoms with E-state index in [-0.39, 0.29) is 18.0 Å². The van der Waals surface area contributed by atoms with Gasteiger partial charge in [-0.1, -0.05) is 47.1 Å². The summed E-state index contributed by atoms with van der Waals surface area (Å²) in [4.78, 5) is 12.4. The fourth-order valence-corrected chi connectivity index (χ4v) is 2.72. The third-order valence-electron chi connectivity index (χ3n) is 3.83. The Kier molecular flexibility index (Phi) is 6.53. The van der Waals surface area contributed by atoms with E-state index in [1.54, 1.807) is 24.3 Å². The number of carbonyl (C=O) groups excluding carboxylic acids is 1. The van der Waals surface area contributed by atoms with Crippen LogP contribution >= 0.6 is 15.9 Å². The van der Waals surface area contributed by atoms with E-state index in [2.05, 4.69) is 39.6 Å². The van der Waals surface area contributed by atoms with Crippen molar-refractivity contribution < 1.29 is 4.79 Å². The average Bonchev–Trinajstić information content (AvgIpc) is 2.60. The molecule has 2 atom stereocenters. The van der Waals surface area contributed by atoms with E-state index in [4.69, 9.17) is 5.26 Å². The molecule has 0 aliphatic rings. The summed E-state index contributed by atoms with van der Waals surface area (Å²) in [5.41, 5.74) is 2.13. The lowest BCUT2D eigenvalue weighted by Crippen LogP contribution is -2.40. The van der Waals surface area contributed by atoms with Gasteiger partial charge in [0.1, 0.15) is 6.07 Å². The Morgan fingerprint density at radius 3 is 2.50 bits per heavy atom. The first-order valence-corrected chi connectivity index (χ1v) is 8.66. The highest BCUT2D eigenvalue weighted by Gasteiger charge is 2.19. The van der Waals surface area contributed by atoms with E-state index in [0.717, 1.165) is 16.5 Å². The molecule has 2 aromatic rings. The molecular formula is C19H20BrN3O. The van der Waals surface area contributed by atoms with Crippen LogP contribution in [0.15, 0.2) is 53.0 Å². The summed E-state index contributed by atoms with van der Waals surface area (Å²) in [6, 6.07) is 16.8. The van der Waals surface area contributed by atoms with Crippen molar-refractivity contribution in [3.63, 3.8) is 0 Å². The first-order chi connectivity index (χ1) is 11.5. The van der Waals surface area contributed by atoms with Crippen LogP contribution in [0.25, 0.3) is 0 Å². The first kappa shape index (κ1) is 18.2. The van der Waals surface area contributed by atoms with Crippen molar-refractivity contribution in [1.29, 1.82) is 5.26 Å². The van der Waals surface area contributed by atoms with Crippen molar-refractivity contribution in [3.8, 4) is 6.07 Å². The van der Waals surface area contributed by atoms with E-state index in [9.17, 15) is 4.79 Å².